The summed E-state index contributed by atoms with van der Waals surface area (Å²) in [7, 11) is -13.5. The van der Waals surface area contributed by atoms with Crippen LogP contribution in [0.4, 0.5) is 69.6 Å². The summed E-state index contributed by atoms with van der Waals surface area (Å²) in [6, 6.07) is 39.9. The van der Waals surface area contributed by atoms with Gasteiger partial charge in [0.05, 0.1) is 9.79 Å². The molecule has 0 bridgehead atoms. The molecule has 0 atom stereocenters. The van der Waals surface area contributed by atoms with Gasteiger partial charge in [-0.3, -0.25) is 0 Å². The van der Waals surface area contributed by atoms with Gasteiger partial charge >= 0.3 is 35.6 Å². The standard InChI is InChI=1S/2C20H15F4PS.2BF4.Pt/c2*21-16-13-17(22)19(24)20(18(16)23)26-12-11-25(14-7-3-1-4-8-14)15-9-5-2-6-10-15;2*2-1(3,4)5;/h2*1-10,13H,11-12H2;;;/q;;2*-1;+2. The molecule has 6 aromatic carbocycles. The van der Waals surface area contributed by atoms with E-state index in [1.165, 1.54) is 0 Å². The maximum atomic E-state index is 13.8. The number of thioether (sulfide) groups is 2. The third-order valence-electron chi connectivity index (χ3n) is 7.54. The van der Waals surface area contributed by atoms with Crippen LogP contribution in [0.15, 0.2) is 143 Å². The monoisotopic (exact) mass is 1160 g/mol. The Morgan fingerprint density at radius 2 is 0.540 bits per heavy atom. The van der Waals surface area contributed by atoms with Crippen molar-refractivity contribution in [1.82, 2.24) is 0 Å². The van der Waals surface area contributed by atoms with Gasteiger partial charge in [0.25, 0.3) is 0 Å². The summed E-state index contributed by atoms with van der Waals surface area (Å²) in [5, 5.41) is 4.56. The van der Waals surface area contributed by atoms with Gasteiger partial charge in [-0.05, 0) is 49.4 Å². The zero-order valence-corrected chi connectivity index (χ0v) is 37.5. The van der Waals surface area contributed by atoms with Gasteiger partial charge in [0, 0.05) is 23.6 Å². The van der Waals surface area contributed by atoms with Crippen LogP contribution in [-0.2, 0) is 21.1 Å². The Bertz CT molecular complexity index is 1970. The topological polar surface area (TPSA) is 0 Å². The Hall–Kier alpha value is -3.42. The fraction of sp³-hybridized carbons (Fsp3) is 0.100. The zero-order chi connectivity index (χ0) is 46.0. The van der Waals surface area contributed by atoms with E-state index in [4.69, 9.17) is 0 Å². The van der Waals surface area contributed by atoms with Gasteiger partial charge in [-0.15, -0.1) is 23.5 Å². The first-order chi connectivity index (χ1) is 29.2. The third-order valence-corrected chi connectivity index (χ3v) is 15.3. The van der Waals surface area contributed by atoms with Crippen LogP contribution in [0.25, 0.3) is 0 Å². The summed E-state index contributed by atoms with van der Waals surface area (Å²) in [5.41, 5.74) is 0. The first-order valence-electron chi connectivity index (χ1n) is 17.6. The van der Waals surface area contributed by atoms with Crippen molar-refractivity contribution >= 4 is 75.1 Å². The van der Waals surface area contributed by atoms with Gasteiger partial charge in [-0.2, -0.15) is 0 Å². The van der Waals surface area contributed by atoms with Gasteiger partial charge in [-0.1, -0.05) is 121 Å². The summed E-state index contributed by atoms with van der Waals surface area (Å²) in [5.74, 6) is -10.2. The number of halogens is 16. The molecule has 0 N–H and O–H groups in total. The first kappa shape index (κ1) is 55.7. The van der Waals surface area contributed by atoms with Crippen LogP contribution >= 0.6 is 39.4 Å². The molecule has 0 heterocycles. The minimum atomic E-state index is -6.00. The van der Waals surface area contributed by atoms with Crippen LogP contribution in [0.1, 0.15) is 0 Å². The molecule has 0 nitrogen and oxygen atoms in total. The van der Waals surface area contributed by atoms with E-state index < -0.39 is 86.7 Å². The summed E-state index contributed by atoms with van der Waals surface area (Å²) >= 11 is 1.61. The molecule has 0 saturated carbocycles. The van der Waals surface area contributed by atoms with Gasteiger partial charge in [-0.25, -0.2) is 35.1 Å². The van der Waals surface area contributed by atoms with E-state index in [1.807, 2.05) is 121 Å². The first-order valence-corrected chi connectivity index (χ1v) is 22.6. The smallest absolute Gasteiger partial charge is 0.418 e. The van der Waals surface area contributed by atoms with Crippen LogP contribution < -0.4 is 21.2 Å². The molecule has 6 aromatic rings. The molecule has 0 spiro atoms. The second kappa shape index (κ2) is 27.1. The third kappa shape index (κ3) is 20.1. The fourth-order valence-corrected chi connectivity index (χ4v) is 12.3. The van der Waals surface area contributed by atoms with Crippen molar-refractivity contribution in [1.29, 1.82) is 0 Å². The predicted molar refractivity (Wildman–Crippen MR) is 222 cm³/mol. The number of hydrogen-bond acceptors (Lipinski definition) is 2. The molecule has 0 unspecified atom stereocenters. The number of rotatable bonds is 12. The van der Waals surface area contributed by atoms with Crippen molar-refractivity contribution in [2.75, 3.05) is 23.8 Å². The van der Waals surface area contributed by atoms with E-state index in [0.29, 0.717) is 23.8 Å². The van der Waals surface area contributed by atoms with E-state index in [2.05, 4.69) is 0 Å². The van der Waals surface area contributed by atoms with Crippen molar-refractivity contribution in [3.8, 4) is 0 Å². The largest absolute Gasteiger partial charge is 2.00 e. The van der Waals surface area contributed by atoms with E-state index in [-0.39, 0.29) is 33.2 Å². The maximum absolute atomic E-state index is 13.8. The Morgan fingerprint density at radius 3 is 0.730 bits per heavy atom. The maximum Gasteiger partial charge on any atom is 2.00 e. The van der Waals surface area contributed by atoms with Gasteiger partial charge in [0.1, 0.15) is 0 Å². The molecule has 0 aliphatic heterocycles. The average molecular weight is 1160 g/mol. The molecule has 0 radical (unpaired) electrons. The van der Waals surface area contributed by atoms with Crippen molar-refractivity contribution in [3.05, 3.63) is 180 Å². The van der Waals surface area contributed by atoms with Crippen molar-refractivity contribution in [2.24, 2.45) is 0 Å². The second-order valence-electron chi connectivity index (χ2n) is 11.9. The van der Waals surface area contributed by atoms with Gasteiger partial charge < -0.3 is 34.5 Å². The van der Waals surface area contributed by atoms with E-state index >= 15 is 0 Å². The normalized spacial score (nSPS) is 11.1. The van der Waals surface area contributed by atoms with Crippen molar-refractivity contribution in [2.45, 2.75) is 9.79 Å². The van der Waals surface area contributed by atoms with Crippen molar-refractivity contribution in [3.63, 3.8) is 0 Å². The van der Waals surface area contributed by atoms with Crippen LogP contribution in [0, 0.1) is 46.5 Å². The summed E-state index contributed by atoms with van der Waals surface area (Å²) in [6.45, 7) is 0. The number of hydrogen-bond donors (Lipinski definition) is 0. The molecule has 340 valence electrons. The molecular weight excluding hydrogens is 1130 g/mol. The summed E-state index contributed by atoms with van der Waals surface area (Å²) < 4.78 is 187. The molecule has 23 heteroatoms. The van der Waals surface area contributed by atoms with Gasteiger partial charge in [0.15, 0.2) is 46.5 Å². The minimum absolute atomic E-state index is 0. The second-order valence-corrected chi connectivity index (χ2v) is 18.8. The fourth-order valence-electron chi connectivity index (χ4n) is 5.08. The van der Waals surface area contributed by atoms with E-state index in [1.54, 1.807) is 0 Å². The van der Waals surface area contributed by atoms with Crippen LogP contribution in [0.2, 0.25) is 0 Å². The van der Waals surface area contributed by atoms with Crippen molar-refractivity contribution < 1.29 is 90.7 Å². The molecular formula is C40H30B2F16P2PtS2. The predicted octanol–water partition coefficient (Wildman–Crippen LogP) is 13.5. The van der Waals surface area contributed by atoms with E-state index in [0.717, 1.165) is 44.7 Å². The van der Waals surface area contributed by atoms with Crippen LogP contribution in [0.3, 0.4) is 0 Å². The SMILES string of the molecule is F[B-](F)(F)F.F[B-](F)(F)F.Fc1cc(F)c(F)c(SCCP(c2ccccc2)c2ccccc2)c1F.Fc1cc(F)c(F)c(SCCP(c2ccccc2)c2ccccc2)c1F.[Pt+2]. The Labute approximate surface area is 377 Å². The zero-order valence-electron chi connectivity index (χ0n) is 31.8. The Kier molecular flexibility index (Phi) is 24.0. The molecule has 0 aliphatic carbocycles. The molecule has 63 heavy (non-hydrogen) atoms. The van der Waals surface area contributed by atoms with E-state index in [9.17, 15) is 69.6 Å². The molecule has 0 aliphatic rings. The molecule has 0 amide bonds. The molecule has 0 fully saturated rings. The van der Waals surface area contributed by atoms with Gasteiger partial charge in [0.2, 0.25) is 0 Å². The Morgan fingerprint density at radius 1 is 0.349 bits per heavy atom. The molecule has 0 aromatic heterocycles. The summed E-state index contributed by atoms with van der Waals surface area (Å²) in [4.78, 5) is -1.20. The molecule has 0 saturated heterocycles. The summed E-state index contributed by atoms with van der Waals surface area (Å²) in [6.07, 6.45) is 1.26. The van der Waals surface area contributed by atoms with Crippen LogP contribution in [-0.4, -0.2) is 38.3 Å². The number of benzene rings is 6. The minimum Gasteiger partial charge on any atom is -0.418 e. The molecule has 6 rings (SSSR count). The Balaban J connectivity index is 0.000000352. The van der Waals surface area contributed by atoms with Crippen LogP contribution in [0.5, 0.6) is 0 Å². The average Bonchev–Trinajstić information content (AvgIpc) is 3.22. The quantitative estimate of drug-likeness (QED) is 0.0394.